The Bertz CT molecular complexity index is 129. The highest BCUT2D eigenvalue weighted by atomic mass is 127. The van der Waals surface area contributed by atoms with Crippen LogP contribution in [0.4, 0.5) is 26.3 Å². The van der Waals surface area contributed by atoms with Gasteiger partial charge in [-0.3, -0.25) is 0 Å². The highest BCUT2D eigenvalue weighted by Gasteiger charge is 2.55. The van der Waals surface area contributed by atoms with Crippen LogP contribution in [0.5, 0.6) is 0 Å². The maximum atomic E-state index is 11.9. The Balaban J connectivity index is 4.35. The summed E-state index contributed by atoms with van der Waals surface area (Å²) in [6, 6.07) is 0. The molecule has 7 heteroatoms. The Kier molecular flexibility index (Phi) is 3.45. The van der Waals surface area contributed by atoms with Crippen molar-refractivity contribution in [3.63, 3.8) is 0 Å². The van der Waals surface area contributed by atoms with Crippen molar-refractivity contribution in [2.24, 2.45) is 0 Å². The number of hydrogen-bond donors (Lipinski definition) is 0. The lowest BCUT2D eigenvalue weighted by Crippen LogP contribution is -2.42. The van der Waals surface area contributed by atoms with E-state index < -0.39 is 22.7 Å². The van der Waals surface area contributed by atoms with Crippen molar-refractivity contribution in [1.29, 1.82) is 0 Å². The fourth-order valence-electron chi connectivity index (χ4n) is 0.307. The van der Waals surface area contributed by atoms with Gasteiger partial charge in [0, 0.05) is 0 Å². The first-order valence-corrected chi connectivity index (χ1v) is 3.89. The molecule has 11 heavy (non-hydrogen) atoms. The van der Waals surface area contributed by atoms with Crippen LogP contribution in [0.25, 0.3) is 0 Å². The van der Waals surface area contributed by atoms with E-state index in [1.165, 1.54) is 0 Å². The van der Waals surface area contributed by atoms with Gasteiger partial charge in [0.1, 0.15) is 0 Å². The zero-order valence-electron chi connectivity index (χ0n) is 4.93. The van der Waals surface area contributed by atoms with Gasteiger partial charge in [0.15, 0.2) is 0 Å². The van der Waals surface area contributed by atoms with Gasteiger partial charge in [-0.1, -0.05) is 22.6 Å². The van der Waals surface area contributed by atoms with E-state index in [9.17, 15) is 26.3 Å². The van der Waals surface area contributed by atoms with Gasteiger partial charge in [-0.05, 0) is 0 Å². The van der Waals surface area contributed by atoms with E-state index in [0.29, 0.717) is 0 Å². The van der Waals surface area contributed by atoms with Crippen LogP contribution >= 0.6 is 22.6 Å². The number of hydrogen-bond acceptors (Lipinski definition) is 0. The third-order valence-electron chi connectivity index (χ3n) is 0.836. The summed E-state index contributed by atoms with van der Waals surface area (Å²) < 4.78 is 68.3. The van der Waals surface area contributed by atoms with Gasteiger partial charge in [-0.25, -0.2) is 13.2 Å². The van der Waals surface area contributed by atoms with Gasteiger partial charge < -0.3 is 0 Å². The minimum Gasteiger partial charge on any atom is -0.231 e. The third-order valence-corrected chi connectivity index (χ3v) is 1.85. The van der Waals surface area contributed by atoms with E-state index in [1.807, 2.05) is 0 Å². The molecule has 0 aliphatic carbocycles. The Morgan fingerprint density at radius 1 is 1.09 bits per heavy atom. The second kappa shape index (κ2) is 3.36. The van der Waals surface area contributed by atoms with Gasteiger partial charge in [0.05, 0.1) is 4.43 Å². The number of rotatable bonds is 2. The zero-order chi connectivity index (χ0) is 9.28. The minimum absolute atomic E-state index is 0.995. The molecule has 0 amide bonds. The molecule has 0 spiro atoms. The molecule has 0 heterocycles. The Labute approximate surface area is 72.1 Å². The maximum absolute atomic E-state index is 11.9. The standard InChI is InChI=1S/C4H3F6I/c5-2(4(8,9)10)3(6,7)1-11/h2H,1H2/t2-/m0/s1. The third kappa shape index (κ3) is 3.04. The van der Waals surface area contributed by atoms with Gasteiger partial charge in [0.25, 0.3) is 12.1 Å². The zero-order valence-corrected chi connectivity index (χ0v) is 7.09. The lowest BCUT2D eigenvalue weighted by Gasteiger charge is -2.20. The summed E-state index contributed by atoms with van der Waals surface area (Å²) >= 11 is 0.995. The summed E-state index contributed by atoms with van der Waals surface area (Å²) in [4.78, 5) is 0. The molecule has 0 bridgehead atoms. The Morgan fingerprint density at radius 2 is 1.45 bits per heavy atom. The monoisotopic (exact) mass is 292 g/mol. The Morgan fingerprint density at radius 3 is 1.55 bits per heavy atom. The lowest BCUT2D eigenvalue weighted by atomic mass is 10.2. The fourth-order valence-corrected chi connectivity index (χ4v) is 0.694. The molecule has 1 atom stereocenters. The molecule has 0 aromatic carbocycles. The number of alkyl halides is 7. The summed E-state index contributed by atoms with van der Waals surface area (Å²) in [5, 5.41) is 0. The first kappa shape index (κ1) is 11.3. The smallest absolute Gasteiger partial charge is 0.231 e. The first-order chi connectivity index (χ1) is 4.72. The molecule has 0 radical (unpaired) electrons. The van der Waals surface area contributed by atoms with Crippen molar-refractivity contribution >= 4 is 22.6 Å². The quantitative estimate of drug-likeness (QED) is 0.417. The average Bonchev–Trinajstić information content (AvgIpc) is 1.84. The van der Waals surface area contributed by atoms with Crippen molar-refractivity contribution in [1.82, 2.24) is 0 Å². The molecule has 0 aliphatic rings. The van der Waals surface area contributed by atoms with E-state index >= 15 is 0 Å². The SMILES string of the molecule is F[C@H](C(F)(F)F)C(F)(F)CI. The van der Waals surface area contributed by atoms with Crippen LogP contribution in [-0.4, -0.2) is 22.7 Å². The largest absolute Gasteiger partial charge is 0.425 e. The number of halogens is 7. The molecule has 0 N–H and O–H groups in total. The van der Waals surface area contributed by atoms with Gasteiger partial charge in [0.2, 0.25) is 0 Å². The fraction of sp³-hybridized carbons (Fsp3) is 1.00. The molecule has 0 aromatic heterocycles. The molecule has 0 saturated carbocycles. The van der Waals surface area contributed by atoms with Gasteiger partial charge >= 0.3 is 6.18 Å². The second-order valence-electron chi connectivity index (χ2n) is 1.80. The van der Waals surface area contributed by atoms with E-state index in [1.54, 1.807) is 0 Å². The highest BCUT2D eigenvalue weighted by molar-refractivity contribution is 14.1. The first-order valence-electron chi connectivity index (χ1n) is 2.36. The van der Waals surface area contributed by atoms with Gasteiger partial charge in [-0.2, -0.15) is 13.2 Å². The molecule has 0 unspecified atom stereocenters. The van der Waals surface area contributed by atoms with Crippen molar-refractivity contribution in [2.45, 2.75) is 18.3 Å². The van der Waals surface area contributed by atoms with Crippen LogP contribution in [0.3, 0.4) is 0 Å². The summed E-state index contributed by atoms with van der Waals surface area (Å²) in [6.45, 7) is 0. The lowest BCUT2D eigenvalue weighted by molar-refractivity contribution is -0.236. The molecule has 0 aliphatic heterocycles. The molecule has 0 aromatic rings. The van der Waals surface area contributed by atoms with Gasteiger partial charge in [-0.15, -0.1) is 0 Å². The van der Waals surface area contributed by atoms with Crippen LogP contribution in [-0.2, 0) is 0 Å². The van der Waals surface area contributed by atoms with Crippen molar-refractivity contribution < 1.29 is 26.3 Å². The average molecular weight is 292 g/mol. The van der Waals surface area contributed by atoms with Crippen LogP contribution < -0.4 is 0 Å². The summed E-state index contributed by atoms with van der Waals surface area (Å²) in [5.74, 6) is -4.32. The van der Waals surface area contributed by atoms with E-state index in [-0.39, 0.29) is 0 Å². The molecule has 0 nitrogen and oxygen atoms in total. The Hall–Kier alpha value is 0.310. The predicted octanol–water partition coefficient (Wildman–Crippen LogP) is 2.96. The second-order valence-corrected chi connectivity index (χ2v) is 2.56. The van der Waals surface area contributed by atoms with E-state index in [0.717, 1.165) is 22.6 Å². The van der Waals surface area contributed by atoms with Crippen molar-refractivity contribution in [3.8, 4) is 0 Å². The van der Waals surface area contributed by atoms with Crippen molar-refractivity contribution in [3.05, 3.63) is 0 Å². The molecule has 0 rings (SSSR count). The molecule has 68 valence electrons. The summed E-state index contributed by atoms with van der Waals surface area (Å²) in [5.41, 5.74) is 0. The van der Waals surface area contributed by atoms with Crippen LogP contribution in [0.15, 0.2) is 0 Å². The summed E-state index contributed by atoms with van der Waals surface area (Å²) in [7, 11) is 0. The maximum Gasteiger partial charge on any atom is 0.425 e. The van der Waals surface area contributed by atoms with Crippen LogP contribution in [0.2, 0.25) is 0 Å². The summed E-state index contributed by atoms with van der Waals surface area (Å²) in [6.07, 6.45) is -9.54. The minimum atomic E-state index is -5.48. The van der Waals surface area contributed by atoms with Crippen LogP contribution in [0.1, 0.15) is 0 Å². The van der Waals surface area contributed by atoms with Crippen molar-refractivity contribution in [2.75, 3.05) is 4.43 Å². The highest BCUT2D eigenvalue weighted by Crippen LogP contribution is 2.35. The topological polar surface area (TPSA) is 0 Å². The predicted molar refractivity (Wildman–Crippen MR) is 34.8 cm³/mol. The van der Waals surface area contributed by atoms with E-state index in [2.05, 4.69) is 0 Å². The molecular weight excluding hydrogens is 289 g/mol. The van der Waals surface area contributed by atoms with Crippen LogP contribution in [0, 0.1) is 0 Å². The normalized spacial score (nSPS) is 16.6. The molecule has 0 saturated heterocycles. The molecular formula is C4H3F6I. The molecule has 0 fully saturated rings. The van der Waals surface area contributed by atoms with E-state index in [4.69, 9.17) is 0 Å².